The molecule has 0 aromatic carbocycles. The van der Waals surface area contributed by atoms with Gasteiger partial charge < -0.3 is 0 Å². The van der Waals surface area contributed by atoms with Crippen LogP contribution in [0.15, 0.2) is 0 Å². The van der Waals surface area contributed by atoms with E-state index in [-0.39, 0.29) is 44.8 Å². The van der Waals surface area contributed by atoms with Crippen LogP contribution in [0.25, 0.3) is 0 Å². The molecule has 0 fully saturated rings. The molecule has 0 rings (SSSR count). The second-order valence-electron chi connectivity index (χ2n) is 0. The van der Waals surface area contributed by atoms with Gasteiger partial charge in [-0.05, 0) is 0 Å². The van der Waals surface area contributed by atoms with Gasteiger partial charge in [0.25, 0.3) is 0 Å². The summed E-state index contributed by atoms with van der Waals surface area (Å²) in [4.78, 5) is 0. The van der Waals surface area contributed by atoms with Crippen molar-refractivity contribution < 1.29 is 48.6 Å². The molecule has 20 valence electrons. The quantitative estimate of drug-likeness (QED) is 0.499. The molecular weight excluding hydrogens is 229 g/mol. The summed E-state index contributed by atoms with van der Waals surface area (Å²) in [5.74, 6) is 0. The molecule has 0 N–H and O–H groups in total. The van der Waals surface area contributed by atoms with Gasteiger partial charge in [-0.1, -0.05) is 0 Å². The summed E-state index contributed by atoms with van der Waals surface area (Å²) in [6, 6.07) is 0. The van der Waals surface area contributed by atoms with E-state index in [0.29, 0.717) is 16.2 Å². The Bertz CT molecular complexity index is 6.00. The topological polar surface area (TPSA) is 17.1 Å². The Kier molecular flexibility index (Phi) is 90.6. The van der Waals surface area contributed by atoms with E-state index in [4.69, 9.17) is 3.80 Å². The van der Waals surface area contributed by atoms with E-state index in [2.05, 4.69) is 0 Å². The van der Waals surface area contributed by atoms with Gasteiger partial charge in [0.05, 0.1) is 0 Å². The van der Waals surface area contributed by atoms with Crippen LogP contribution in [0.3, 0.4) is 0 Å². The van der Waals surface area contributed by atoms with Crippen molar-refractivity contribution in [2.24, 2.45) is 0 Å². The first kappa shape index (κ1) is 17.0. The zero-order valence-electron chi connectivity index (χ0n) is 2.01. The average molecular weight is 230 g/mol. The Hall–Kier alpha value is 1.81. The molecule has 0 aromatic rings. The van der Waals surface area contributed by atoms with E-state index in [9.17, 15) is 0 Å². The maximum atomic E-state index is 8.28. The molecule has 0 aromatic heterocycles. The normalized spacial score (nSPS) is 0.750. The molecule has 0 amide bonds. The van der Waals surface area contributed by atoms with Crippen LogP contribution in [-0.2, 0) is 48.6 Å². The molecule has 0 aliphatic carbocycles. The molecule has 0 heterocycles. The van der Waals surface area contributed by atoms with Crippen LogP contribution in [0.4, 0.5) is 0 Å². The molecule has 0 bridgehead atoms. The molecule has 0 spiro atoms. The third-order valence-corrected chi connectivity index (χ3v) is 0. The van der Waals surface area contributed by atoms with Gasteiger partial charge >= 0.3 is 20.0 Å². The molecule has 0 aliphatic heterocycles. The Morgan fingerprint density at radius 2 is 1.00 bits per heavy atom. The molecule has 0 unspecified atom stereocenters. The molecule has 2 radical (unpaired) electrons. The number of hydrogen-bond donors (Lipinski definition) is 0. The van der Waals surface area contributed by atoms with Gasteiger partial charge in [0.2, 0.25) is 0 Å². The van der Waals surface area contributed by atoms with Gasteiger partial charge in [-0.3, -0.25) is 0 Å². The molecule has 0 saturated carbocycles. The van der Waals surface area contributed by atoms with E-state index < -0.39 is 0 Å². The summed E-state index contributed by atoms with van der Waals surface area (Å²) in [6.45, 7) is 0. The first-order valence-electron chi connectivity index (χ1n) is 0.289. The molecule has 0 saturated heterocycles. The van der Waals surface area contributed by atoms with Crippen molar-refractivity contribution in [1.29, 1.82) is 0 Å². The second-order valence-corrected chi connectivity index (χ2v) is 0. The van der Waals surface area contributed by atoms with Crippen molar-refractivity contribution >= 4 is 16.2 Å². The van der Waals surface area contributed by atoms with E-state index in [1.807, 2.05) is 0 Å². The second kappa shape index (κ2) is 21.3. The predicted octanol–water partition coefficient (Wildman–Crippen LogP) is -0.772. The van der Waals surface area contributed by atoms with Crippen LogP contribution in [0.2, 0.25) is 0 Å². The first-order chi connectivity index (χ1) is 1.00. The van der Waals surface area contributed by atoms with Gasteiger partial charge in [0.15, 0.2) is 0 Å². The molecule has 4 heavy (non-hydrogen) atoms. The molecule has 0 atom stereocenters. The van der Waals surface area contributed by atoms with Gasteiger partial charge in [-0.2, -0.15) is 0 Å². The van der Waals surface area contributed by atoms with Gasteiger partial charge in [-0.15, -0.1) is 0 Å². The zero-order valence-corrected chi connectivity index (χ0v) is 7.82. The Labute approximate surface area is 64.2 Å². The SMILES string of the molecule is [Nb].[Nb].[O]=[AlH]. The van der Waals surface area contributed by atoms with Gasteiger partial charge in [0, 0.05) is 44.8 Å². The van der Waals surface area contributed by atoms with E-state index in [1.165, 1.54) is 0 Å². The van der Waals surface area contributed by atoms with Crippen LogP contribution in [0, 0.1) is 0 Å². The van der Waals surface area contributed by atoms with Gasteiger partial charge in [-0.25, -0.2) is 0 Å². The van der Waals surface area contributed by atoms with Crippen molar-refractivity contribution in [3.05, 3.63) is 0 Å². The van der Waals surface area contributed by atoms with Crippen LogP contribution >= 0.6 is 0 Å². The minimum atomic E-state index is 0. The summed E-state index contributed by atoms with van der Waals surface area (Å²) >= 11 is 0.611. The minimum absolute atomic E-state index is 0. The summed E-state index contributed by atoms with van der Waals surface area (Å²) < 4.78 is 8.28. The summed E-state index contributed by atoms with van der Waals surface area (Å²) in [5.41, 5.74) is 0. The fourth-order valence-electron chi connectivity index (χ4n) is 0. The Balaban J connectivity index is -0.00000000500. The summed E-state index contributed by atoms with van der Waals surface area (Å²) in [6.07, 6.45) is 0. The molecule has 1 nitrogen and oxygen atoms in total. The molecule has 0 aliphatic rings. The number of hydrogen-bond acceptors (Lipinski definition) is 1. The monoisotopic (exact) mass is 230 g/mol. The third kappa shape index (κ3) is 9.18. The van der Waals surface area contributed by atoms with Crippen molar-refractivity contribution in [2.75, 3.05) is 0 Å². The van der Waals surface area contributed by atoms with Crippen LogP contribution < -0.4 is 0 Å². The summed E-state index contributed by atoms with van der Waals surface area (Å²) in [5, 5.41) is 0. The van der Waals surface area contributed by atoms with Gasteiger partial charge in [0.1, 0.15) is 0 Å². The van der Waals surface area contributed by atoms with Crippen molar-refractivity contribution in [2.45, 2.75) is 0 Å². The van der Waals surface area contributed by atoms with Crippen molar-refractivity contribution in [3.63, 3.8) is 0 Å². The predicted molar refractivity (Wildman–Crippen MR) is 7.84 cm³/mol. The first-order valence-corrected chi connectivity index (χ1v) is 0.866. The van der Waals surface area contributed by atoms with Crippen LogP contribution in [0.1, 0.15) is 0 Å². The van der Waals surface area contributed by atoms with Crippen molar-refractivity contribution in [3.8, 4) is 0 Å². The van der Waals surface area contributed by atoms with Crippen molar-refractivity contribution in [1.82, 2.24) is 0 Å². The fraction of sp³-hybridized carbons (Fsp3) is 0. The average Bonchev–Trinajstić information content (AvgIpc) is 1.00. The van der Waals surface area contributed by atoms with Crippen LogP contribution in [-0.4, -0.2) is 16.2 Å². The summed E-state index contributed by atoms with van der Waals surface area (Å²) in [7, 11) is 0. The fourth-order valence-corrected chi connectivity index (χ4v) is 0. The standard InChI is InChI=1S/Al.2Nb.O.H. The van der Waals surface area contributed by atoms with E-state index >= 15 is 0 Å². The number of rotatable bonds is 0. The van der Waals surface area contributed by atoms with Crippen LogP contribution in [0.5, 0.6) is 0 Å². The van der Waals surface area contributed by atoms with E-state index in [1.54, 1.807) is 0 Å². The molecule has 4 heteroatoms. The zero-order chi connectivity index (χ0) is 2.00. The third-order valence-electron chi connectivity index (χ3n) is 0. The Morgan fingerprint density at radius 3 is 1.00 bits per heavy atom. The van der Waals surface area contributed by atoms with E-state index in [0.717, 1.165) is 0 Å². The Morgan fingerprint density at radius 1 is 1.00 bits per heavy atom. The maximum absolute atomic E-state index is 8.28. The molecular formula is HAlNb2O.